The van der Waals surface area contributed by atoms with Crippen molar-refractivity contribution in [1.82, 2.24) is 15.8 Å². The zero-order valence-corrected chi connectivity index (χ0v) is 16.5. The molecule has 0 bridgehead atoms. The number of amides is 2. The highest BCUT2D eigenvalue weighted by atomic mass is 16.5. The maximum atomic E-state index is 12.7. The van der Waals surface area contributed by atoms with Gasteiger partial charge in [0.1, 0.15) is 0 Å². The molecule has 0 aliphatic carbocycles. The molecule has 0 radical (unpaired) electrons. The van der Waals surface area contributed by atoms with Crippen molar-refractivity contribution in [2.75, 3.05) is 21.3 Å². The van der Waals surface area contributed by atoms with Gasteiger partial charge in [0, 0.05) is 16.6 Å². The van der Waals surface area contributed by atoms with Gasteiger partial charge in [-0.3, -0.25) is 25.4 Å². The van der Waals surface area contributed by atoms with Crippen LogP contribution in [-0.4, -0.2) is 38.1 Å². The summed E-state index contributed by atoms with van der Waals surface area (Å²) in [5.41, 5.74) is 6.90. The number of rotatable bonds is 5. The number of nitrogens with zero attached hydrogens (tertiary/aromatic N) is 1. The summed E-state index contributed by atoms with van der Waals surface area (Å²) < 4.78 is 15.7. The van der Waals surface area contributed by atoms with Crippen LogP contribution >= 0.6 is 0 Å². The summed E-state index contributed by atoms with van der Waals surface area (Å²) in [5.74, 6) is 0.0488. The van der Waals surface area contributed by atoms with Crippen LogP contribution in [0.1, 0.15) is 26.4 Å². The van der Waals surface area contributed by atoms with Gasteiger partial charge < -0.3 is 14.2 Å². The molecule has 8 nitrogen and oxygen atoms in total. The van der Waals surface area contributed by atoms with Crippen LogP contribution in [-0.2, 0) is 0 Å². The van der Waals surface area contributed by atoms with Crippen LogP contribution in [0.2, 0.25) is 0 Å². The van der Waals surface area contributed by atoms with Gasteiger partial charge in [-0.2, -0.15) is 0 Å². The van der Waals surface area contributed by atoms with E-state index in [0.717, 1.165) is 0 Å². The van der Waals surface area contributed by atoms with E-state index in [1.807, 2.05) is 18.2 Å². The van der Waals surface area contributed by atoms with Gasteiger partial charge in [-0.15, -0.1) is 0 Å². The number of fused-ring (bicyclic) bond motifs is 1. The van der Waals surface area contributed by atoms with E-state index in [0.29, 0.717) is 39.4 Å². The SMILES string of the molecule is COc1cc(C(=O)NNC(=O)c2cc(C)nc3ccccc23)cc(OC)c1OC. The number of hydrogen-bond acceptors (Lipinski definition) is 6. The highest BCUT2D eigenvalue weighted by Crippen LogP contribution is 2.38. The maximum Gasteiger partial charge on any atom is 0.270 e. The number of carbonyl (C=O) groups is 2. The molecule has 1 aromatic heterocycles. The third-order valence-corrected chi connectivity index (χ3v) is 4.31. The molecule has 29 heavy (non-hydrogen) atoms. The minimum atomic E-state index is -0.535. The lowest BCUT2D eigenvalue weighted by molar-refractivity contribution is 0.0847. The fourth-order valence-corrected chi connectivity index (χ4v) is 2.96. The third kappa shape index (κ3) is 4.06. The maximum absolute atomic E-state index is 12.7. The van der Waals surface area contributed by atoms with E-state index in [9.17, 15) is 9.59 Å². The Kier molecular flexibility index (Phi) is 5.82. The molecule has 2 amide bonds. The monoisotopic (exact) mass is 395 g/mol. The van der Waals surface area contributed by atoms with E-state index in [1.165, 1.54) is 33.5 Å². The first-order valence-electron chi connectivity index (χ1n) is 8.75. The van der Waals surface area contributed by atoms with E-state index in [2.05, 4.69) is 15.8 Å². The Bertz CT molecular complexity index is 1060. The molecule has 0 atom stereocenters. The van der Waals surface area contributed by atoms with E-state index in [1.54, 1.807) is 19.1 Å². The molecule has 0 saturated carbocycles. The van der Waals surface area contributed by atoms with Crippen molar-refractivity contribution in [3.05, 3.63) is 59.3 Å². The summed E-state index contributed by atoms with van der Waals surface area (Å²) >= 11 is 0. The molecule has 0 aliphatic rings. The summed E-state index contributed by atoms with van der Waals surface area (Å²) in [7, 11) is 4.39. The van der Waals surface area contributed by atoms with Gasteiger partial charge in [-0.1, -0.05) is 18.2 Å². The molecular weight excluding hydrogens is 374 g/mol. The molecule has 2 aromatic carbocycles. The number of aromatic nitrogens is 1. The van der Waals surface area contributed by atoms with Crippen molar-refractivity contribution in [1.29, 1.82) is 0 Å². The van der Waals surface area contributed by atoms with Crippen molar-refractivity contribution >= 4 is 22.7 Å². The van der Waals surface area contributed by atoms with Crippen LogP contribution in [0, 0.1) is 6.92 Å². The number of hydrazine groups is 1. The standard InChI is InChI=1S/C21H21N3O5/c1-12-9-15(14-7-5-6-8-16(14)22-12)21(26)24-23-20(25)13-10-17(27-2)19(29-4)18(11-13)28-3/h5-11H,1-4H3,(H,23,25)(H,24,26). The Morgan fingerprint density at radius 2 is 1.48 bits per heavy atom. The van der Waals surface area contributed by atoms with Crippen LogP contribution in [0.5, 0.6) is 17.2 Å². The lowest BCUT2D eigenvalue weighted by atomic mass is 10.1. The van der Waals surface area contributed by atoms with Gasteiger partial charge in [0.2, 0.25) is 5.75 Å². The fraction of sp³-hybridized carbons (Fsp3) is 0.190. The van der Waals surface area contributed by atoms with Gasteiger partial charge >= 0.3 is 0 Å². The highest BCUT2D eigenvalue weighted by Gasteiger charge is 2.18. The van der Waals surface area contributed by atoms with E-state index in [-0.39, 0.29) is 5.56 Å². The van der Waals surface area contributed by atoms with Crippen molar-refractivity contribution in [3.63, 3.8) is 0 Å². The fourth-order valence-electron chi connectivity index (χ4n) is 2.96. The topological polar surface area (TPSA) is 98.8 Å². The number of ether oxygens (including phenoxy) is 3. The number of hydrogen-bond donors (Lipinski definition) is 2. The van der Waals surface area contributed by atoms with Crippen molar-refractivity contribution in [3.8, 4) is 17.2 Å². The second kappa shape index (κ2) is 8.47. The van der Waals surface area contributed by atoms with Crippen LogP contribution in [0.25, 0.3) is 10.9 Å². The zero-order chi connectivity index (χ0) is 21.0. The second-order valence-electron chi connectivity index (χ2n) is 6.15. The van der Waals surface area contributed by atoms with Crippen molar-refractivity contribution < 1.29 is 23.8 Å². The van der Waals surface area contributed by atoms with Gasteiger partial charge in [0.15, 0.2) is 11.5 Å². The largest absolute Gasteiger partial charge is 0.493 e. The summed E-state index contributed by atoms with van der Waals surface area (Å²) in [6, 6.07) is 12.0. The molecule has 2 N–H and O–H groups in total. The van der Waals surface area contributed by atoms with E-state index < -0.39 is 11.8 Å². The molecule has 0 fully saturated rings. The van der Waals surface area contributed by atoms with E-state index in [4.69, 9.17) is 14.2 Å². The molecule has 1 heterocycles. The molecule has 0 spiro atoms. The second-order valence-corrected chi connectivity index (χ2v) is 6.15. The number of methoxy groups -OCH3 is 3. The van der Waals surface area contributed by atoms with Crippen molar-refractivity contribution in [2.24, 2.45) is 0 Å². The van der Waals surface area contributed by atoms with Crippen molar-refractivity contribution in [2.45, 2.75) is 6.92 Å². The normalized spacial score (nSPS) is 10.3. The number of para-hydroxylation sites is 1. The molecule has 0 aliphatic heterocycles. The van der Waals surface area contributed by atoms with Crippen LogP contribution in [0.15, 0.2) is 42.5 Å². The summed E-state index contributed by atoms with van der Waals surface area (Å²) in [5, 5.41) is 0.692. The summed E-state index contributed by atoms with van der Waals surface area (Å²) in [6.07, 6.45) is 0. The molecule has 3 aromatic rings. The Hall–Kier alpha value is -3.81. The Morgan fingerprint density at radius 1 is 0.862 bits per heavy atom. The molecule has 0 unspecified atom stereocenters. The number of nitrogens with one attached hydrogen (secondary N) is 2. The molecule has 3 rings (SSSR count). The highest BCUT2D eigenvalue weighted by molar-refractivity contribution is 6.07. The smallest absolute Gasteiger partial charge is 0.270 e. The van der Waals surface area contributed by atoms with Gasteiger partial charge in [0.25, 0.3) is 11.8 Å². The predicted molar refractivity (Wildman–Crippen MR) is 108 cm³/mol. The minimum Gasteiger partial charge on any atom is -0.493 e. The van der Waals surface area contributed by atoms with Gasteiger partial charge in [-0.25, -0.2) is 0 Å². The first-order valence-corrected chi connectivity index (χ1v) is 8.75. The molecule has 0 saturated heterocycles. The van der Waals surface area contributed by atoms with Crippen LogP contribution in [0.4, 0.5) is 0 Å². The Balaban J connectivity index is 1.82. The average Bonchev–Trinajstić information content (AvgIpc) is 2.75. The number of carbonyl (C=O) groups excluding carboxylic acids is 2. The molecule has 8 heteroatoms. The van der Waals surface area contributed by atoms with Crippen LogP contribution < -0.4 is 25.1 Å². The van der Waals surface area contributed by atoms with Crippen LogP contribution in [0.3, 0.4) is 0 Å². The lowest BCUT2D eigenvalue weighted by Gasteiger charge is -2.14. The quantitative estimate of drug-likeness (QED) is 0.645. The molecular formula is C21H21N3O5. The van der Waals surface area contributed by atoms with Gasteiger partial charge in [-0.05, 0) is 31.2 Å². The zero-order valence-electron chi connectivity index (χ0n) is 16.5. The number of aryl methyl sites for hydroxylation is 1. The molecule has 150 valence electrons. The Morgan fingerprint density at radius 3 is 2.10 bits per heavy atom. The average molecular weight is 395 g/mol. The van der Waals surface area contributed by atoms with E-state index >= 15 is 0 Å². The first-order chi connectivity index (χ1) is 14.0. The minimum absolute atomic E-state index is 0.232. The number of pyridine rings is 1. The number of benzene rings is 2. The Labute approximate surface area is 167 Å². The van der Waals surface area contributed by atoms with Gasteiger partial charge in [0.05, 0.1) is 32.4 Å². The summed E-state index contributed by atoms with van der Waals surface area (Å²) in [6.45, 7) is 1.80. The summed E-state index contributed by atoms with van der Waals surface area (Å²) in [4.78, 5) is 29.6. The first kappa shape index (κ1) is 19.9. The third-order valence-electron chi connectivity index (χ3n) is 4.31. The predicted octanol–water partition coefficient (Wildman–Crippen LogP) is 2.64. The lowest BCUT2D eigenvalue weighted by Crippen LogP contribution is -2.41.